The molecule has 0 fully saturated rings. The fourth-order valence-corrected chi connectivity index (χ4v) is 2.25. The minimum atomic E-state index is 0.327. The first-order valence-electron chi connectivity index (χ1n) is 5.75. The SMILES string of the molecule is CSc1cccc(NC(C)c2ccccc2)c1. The van der Waals surface area contributed by atoms with Crippen molar-refractivity contribution in [3.63, 3.8) is 0 Å². The summed E-state index contributed by atoms with van der Waals surface area (Å²) in [5.74, 6) is 0. The molecule has 0 spiro atoms. The number of hydrogen-bond acceptors (Lipinski definition) is 2. The van der Waals surface area contributed by atoms with E-state index >= 15 is 0 Å². The largest absolute Gasteiger partial charge is 0.378 e. The molecule has 0 aliphatic rings. The van der Waals surface area contributed by atoms with E-state index in [2.05, 4.69) is 67.0 Å². The summed E-state index contributed by atoms with van der Waals surface area (Å²) in [7, 11) is 0. The summed E-state index contributed by atoms with van der Waals surface area (Å²) in [6.45, 7) is 2.18. The molecular formula is C15H17NS. The van der Waals surface area contributed by atoms with E-state index in [1.54, 1.807) is 11.8 Å². The Balaban J connectivity index is 2.10. The predicted molar refractivity (Wildman–Crippen MR) is 76.7 cm³/mol. The van der Waals surface area contributed by atoms with Crippen LogP contribution in [0.5, 0.6) is 0 Å². The van der Waals surface area contributed by atoms with Crippen LogP contribution >= 0.6 is 11.8 Å². The van der Waals surface area contributed by atoms with Crippen LogP contribution in [-0.2, 0) is 0 Å². The van der Waals surface area contributed by atoms with Crippen LogP contribution in [0.2, 0.25) is 0 Å². The molecule has 0 radical (unpaired) electrons. The van der Waals surface area contributed by atoms with Gasteiger partial charge in [-0.2, -0.15) is 0 Å². The van der Waals surface area contributed by atoms with Crippen molar-refractivity contribution in [1.29, 1.82) is 0 Å². The van der Waals surface area contributed by atoms with Gasteiger partial charge in [-0.05, 0) is 36.9 Å². The zero-order valence-electron chi connectivity index (χ0n) is 10.2. The van der Waals surface area contributed by atoms with Crippen LogP contribution in [0, 0.1) is 0 Å². The van der Waals surface area contributed by atoms with E-state index in [0.29, 0.717) is 6.04 Å². The first kappa shape index (κ1) is 12.1. The van der Waals surface area contributed by atoms with Crippen LogP contribution in [0.15, 0.2) is 59.5 Å². The molecule has 1 N–H and O–H groups in total. The molecule has 0 bridgehead atoms. The van der Waals surface area contributed by atoms with Crippen LogP contribution in [-0.4, -0.2) is 6.26 Å². The summed E-state index contributed by atoms with van der Waals surface area (Å²) in [4.78, 5) is 1.29. The lowest BCUT2D eigenvalue weighted by molar-refractivity contribution is 0.884. The molecule has 0 aliphatic carbocycles. The fraction of sp³-hybridized carbons (Fsp3) is 0.200. The van der Waals surface area contributed by atoms with Crippen molar-refractivity contribution < 1.29 is 0 Å². The Labute approximate surface area is 107 Å². The van der Waals surface area contributed by atoms with Gasteiger partial charge in [0.15, 0.2) is 0 Å². The molecule has 2 rings (SSSR count). The van der Waals surface area contributed by atoms with Crippen molar-refractivity contribution in [3.8, 4) is 0 Å². The second kappa shape index (κ2) is 5.78. The van der Waals surface area contributed by atoms with E-state index in [4.69, 9.17) is 0 Å². The van der Waals surface area contributed by atoms with E-state index in [1.807, 2.05) is 6.07 Å². The maximum absolute atomic E-state index is 3.52. The topological polar surface area (TPSA) is 12.0 Å². The molecular weight excluding hydrogens is 226 g/mol. The third-order valence-electron chi connectivity index (χ3n) is 2.75. The standard InChI is InChI=1S/C15H17NS/c1-12(13-7-4-3-5-8-13)16-14-9-6-10-15(11-14)17-2/h3-12,16H,1-2H3. The van der Waals surface area contributed by atoms with E-state index in [0.717, 1.165) is 0 Å². The monoisotopic (exact) mass is 243 g/mol. The molecule has 0 aliphatic heterocycles. The van der Waals surface area contributed by atoms with Crippen LogP contribution in [0.3, 0.4) is 0 Å². The van der Waals surface area contributed by atoms with Crippen LogP contribution in [0.4, 0.5) is 5.69 Å². The molecule has 1 nitrogen and oxygen atoms in total. The number of rotatable bonds is 4. The molecule has 2 aromatic carbocycles. The first-order valence-corrected chi connectivity index (χ1v) is 6.97. The minimum Gasteiger partial charge on any atom is -0.378 e. The quantitative estimate of drug-likeness (QED) is 0.789. The van der Waals surface area contributed by atoms with Gasteiger partial charge in [0.1, 0.15) is 0 Å². The van der Waals surface area contributed by atoms with Crippen LogP contribution < -0.4 is 5.32 Å². The number of nitrogens with one attached hydrogen (secondary N) is 1. The van der Waals surface area contributed by atoms with Gasteiger partial charge in [-0.15, -0.1) is 11.8 Å². The molecule has 0 saturated carbocycles. The highest BCUT2D eigenvalue weighted by molar-refractivity contribution is 7.98. The number of thioether (sulfide) groups is 1. The van der Waals surface area contributed by atoms with Gasteiger partial charge in [0, 0.05) is 16.6 Å². The van der Waals surface area contributed by atoms with E-state index in [-0.39, 0.29) is 0 Å². The van der Waals surface area contributed by atoms with E-state index < -0.39 is 0 Å². The van der Waals surface area contributed by atoms with Crippen LogP contribution in [0.1, 0.15) is 18.5 Å². The van der Waals surface area contributed by atoms with E-state index in [1.165, 1.54) is 16.1 Å². The average molecular weight is 243 g/mol. The molecule has 0 amide bonds. The zero-order valence-corrected chi connectivity index (χ0v) is 11.0. The number of hydrogen-bond donors (Lipinski definition) is 1. The Morgan fingerprint density at radius 2 is 1.76 bits per heavy atom. The van der Waals surface area contributed by atoms with Crippen molar-refractivity contribution in [2.45, 2.75) is 17.9 Å². The lowest BCUT2D eigenvalue weighted by atomic mass is 10.1. The summed E-state index contributed by atoms with van der Waals surface area (Å²) < 4.78 is 0. The molecule has 2 aromatic rings. The number of benzene rings is 2. The maximum atomic E-state index is 3.52. The van der Waals surface area contributed by atoms with Crippen molar-refractivity contribution in [1.82, 2.24) is 0 Å². The molecule has 17 heavy (non-hydrogen) atoms. The number of anilines is 1. The van der Waals surface area contributed by atoms with Gasteiger partial charge in [-0.1, -0.05) is 36.4 Å². The summed E-state index contributed by atoms with van der Waals surface area (Å²) >= 11 is 1.77. The Kier molecular flexibility index (Phi) is 4.10. The zero-order chi connectivity index (χ0) is 12.1. The average Bonchev–Trinajstić information content (AvgIpc) is 2.40. The van der Waals surface area contributed by atoms with Gasteiger partial charge in [-0.3, -0.25) is 0 Å². The van der Waals surface area contributed by atoms with Crippen molar-refractivity contribution in [2.75, 3.05) is 11.6 Å². The van der Waals surface area contributed by atoms with Gasteiger partial charge >= 0.3 is 0 Å². The molecule has 1 unspecified atom stereocenters. The first-order chi connectivity index (χ1) is 8.29. The summed E-state index contributed by atoms with van der Waals surface area (Å²) in [6.07, 6.45) is 2.10. The predicted octanol–water partition coefficient (Wildman–Crippen LogP) is 4.58. The van der Waals surface area contributed by atoms with Gasteiger partial charge < -0.3 is 5.32 Å². The smallest absolute Gasteiger partial charge is 0.0485 e. The Morgan fingerprint density at radius 1 is 1.00 bits per heavy atom. The summed E-state index contributed by atoms with van der Waals surface area (Å²) in [5, 5.41) is 3.52. The second-order valence-corrected chi connectivity index (χ2v) is 4.89. The van der Waals surface area contributed by atoms with Crippen molar-refractivity contribution >= 4 is 17.4 Å². The summed E-state index contributed by atoms with van der Waals surface area (Å²) in [5.41, 5.74) is 2.48. The van der Waals surface area contributed by atoms with Gasteiger partial charge in [0.05, 0.1) is 0 Å². The van der Waals surface area contributed by atoms with Crippen LogP contribution in [0.25, 0.3) is 0 Å². The van der Waals surface area contributed by atoms with Gasteiger partial charge in [0.25, 0.3) is 0 Å². The van der Waals surface area contributed by atoms with Crippen molar-refractivity contribution in [3.05, 3.63) is 60.2 Å². The lowest BCUT2D eigenvalue weighted by Crippen LogP contribution is -2.06. The summed E-state index contributed by atoms with van der Waals surface area (Å²) in [6, 6.07) is 19.3. The Bertz CT molecular complexity index is 467. The molecule has 88 valence electrons. The molecule has 2 heteroatoms. The van der Waals surface area contributed by atoms with E-state index in [9.17, 15) is 0 Å². The second-order valence-electron chi connectivity index (χ2n) is 4.01. The highest BCUT2D eigenvalue weighted by Crippen LogP contribution is 2.23. The molecule has 0 saturated heterocycles. The fourth-order valence-electron chi connectivity index (χ4n) is 1.79. The molecule has 1 atom stereocenters. The third-order valence-corrected chi connectivity index (χ3v) is 3.48. The van der Waals surface area contributed by atoms with Crippen molar-refractivity contribution in [2.24, 2.45) is 0 Å². The normalized spacial score (nSPS) is 12.1. The highest BCUT2D eigenvalue weighted by Gasteiger charge is 2.04. The third kappa shape index (κ3) is 3.27. The van der Waals surface area contributed by atoms with Gasteiger partial charge in [0.2, 0.25) is 0 Å². The molecule has 0 heterocycles. The minimum absolute atomic E-state index is 0.327. The lowest BCUT2D eigenvalue weighted by Gasteiger charge is -2.16. The Hall–Kier alpha value is -1.41. The van der Waals surface area contributed by atoms with Gasteiger partial charge in [-0.25, -0.2) is 0 Å². The Morgan fingerprint density at radius 3 is 2.47 bits per heavy atom. The molecule has 0 aromatic heterocycles. The maximum Gasteiger partial charge on any atom is 0.0485 e. The highest BCUT2D eigenvalue weighted by atomic mass is 32.2.